The minimum absolute atomic E-state index is 0.319. The largest absolute Gasteiger partial charge is 0.493 e. The highest BCUT2D eigenvalue weighted by Gasteiger charge is 2.80. The van der Waals surface area contributed by atoms with E-state index in [9.17, 15) is 15.8 Å². The van der Waals surface area contributed by atoms with Crippen LogP contribution in [-0.2, 0) is 9.47 Å². The van der Waals surface area contributed by atoms with Gasteiger partial charge < -0.3 is 18.9 Å². The smallest absolute Gasteiger partial charge is 0.217 e. The average molecular weight is 392 g/mol. The molecule has 4 rings (SSSR count). The van der Waals surface area contributed by atoms with Gasteiger partial charge >= 0.3 is 0 Å². The van der Waals surface area contributed by atoms with Gasteiger partial charge in [0.05, 0.1) is 38.3 Å². The van der Waals surface area contributed by atoms with Crippen molar-refractivity contribution in [2.75, 3.05) is 14.2 Å². The first-order chi connectivity index (χ1) is 14.0. The minimum atomic E-state index is -1.99. The molecule has 148 valence electrons. The molecule has 1 saturated carbocycles. The van der Waals surface area contributed by atoms with E-state index in [2.05, 4.69) is 18.2 Å². The molecule has 0 spiro atoms. The second-order valence-electron chi connectivity index (χ2n) is 7.57. The third kappa shape index (κ3) is 2.06. The van der Waals surface area contributed by atoms with Gasteiger partial charge in [-0.15, -0.1) is 0 Å². The van der Waals surface area contributed by atoms with E-state index in [1.165, 1.54) is 14.2 Å². The lowest BCUT2D eigenvalue weighted by atomic mass is 9.51. The van der Waals surface area contributed by atoms with Crippen molar-refractivity contribution in [3.63, 3.8) is 0 Å². The predicted molar refractivity (Wildman–Crippen MR) is 98.6 cm³/mol. The number of nitrogens with zero attached hydrogens (tertiary/aromatic N) is 3. The number of nitriles is 3. The fourth-order valence-electron chi connectivity index (χ4n) is 5.26. The molecule has 2 heterocycles. The van der Waals surface area contributed by atoms with Crippen LogP contribution in [0.5, 0.6) is 11.5 Å². The molecule has 2 saturated heterocycles. The van der Waals surface area contributed by atoms with E-state index >= 15 is 0 Å². The molecular formula is C21H20N4O4. The Bertz CT molecular complexity index is 989. The first-order valence-electron chi connectivity index (χ1n) is 9.40. The topological polar surface area (TPSA) is 132 Å². The van der Waals surface area contributed by atoms with Gasteiger partial charge in [0.2, 0.25) is 17.1 Å². The van der Waals surface area contributed by atoms with Crippen LogP contribution in [0.3, 0.4) is 0 Å². The van der Waals surface area contributed by atoms with Crippen LogP contribution in [0.15, 0.2) is 18.2 Å². The lowest BCUT2D eigenvalue weighted by Gasteiger charge is -2.51. The number of nitrogens with one attached hydrogen (secondary N) is 1. The van der Waals surface area contributed by atoms with E-state index in [0.717, 1.165) is 12.8 Å². The lowest BCUT2D eigenvalue weighted by Crippen LogP contribution is -2.60. The lowest BCUT2D eigenvalue weighted by molar-refractivity contribution is -0.294. The number of hydrogen-bond acceptors (Lipinski definition) is 8. The molecule has 3 fully saturated rings. The van der Waals surface area contributed by atoms with E-state index in [4.69, 9.17) is 24.4 Å². The predicted octanol–water partition coefficient (Wildman–Crippen LogP) is 3.21. The van der Waals surface area contributed by atoms with Gasteiger partial charge in [0.15, 0.2) is 16.9 Å². The number of benzene rings is 1. The Labute approximate surface area is 168 Å². The van der Waals surface area contributed by atoms with Crippen molar-refractivity contribution in [1.29, 1.82) is 21.2 Å². The summed E-state index contributed by atoms with van der Waals surface area (Å²) in [5.41, 5.74) is -3.30. The summed E-state index contributed by atoms with van der Waals surface area (Å²) >= 11 is 0. The van der Waals surface area contributed by atoms with Crippen molar-refractivity contribution in [3.05, 3.63) is 23.8 Å². The first-order valence-corrected chi connectivity index (χ1v) is 9.40. The van der Waals surface area contributed by atoms with Crippen LogP contribution in [0.25, 0.3) is 0 Å². The maximum Gasteiger partial charge on any atom is 0.217 e. The second-order valence-corrected chi connectivity index (χ2v) is 7.57. The van der Waals surface area contributed by atoms with Gasteiger partial charge in [0.25, 0.3) is 0 Å². The Balaban J connectivity index is 2.03. The van der Waals surface area contributed by atoms with Crippen LogP contribution >= 0.6 is 0 Å². The van der Waals surface area contributed by atoms with Crippen molar-refractivity contribution in [2.24, 2.45) is 16.7 Å². The number of methoxy groups -OCH3 is 2. The summed E-state index contributed by atoms with van der Waals surface area (Å²) in [4.78, 5) is 0. The standard InChI is InChI=1S/C21H20N4O4/c1-26-14-7-5-6-13(16(14)27-2)17-19(10-22,11-23)20(12-24)15-8-3-4-9-21(15,28-17)29-18(20)25/h5-7,15,17,25H,3-4,8-9H2,1-2H3/t15-,17-,20+,21+/m0/s1. The summed E-state index contributed by atoms with van der Waals surface area (Å²) in [5, 5.41) is 39.3. The second kappa shape index (κ2) is 6.37. The van der Waals surface area contributed by atoms with E-state index in [0.29, 0.717) is 29.9 Å². The summed E-state index contributed by atoms with van der Waals surface area (Å²) in [5.74, 6) is -1.40. The zero-order valence-corrected chi connectivity index (χ0v) is 16.2. The molecule has 29 heavy (non-hydrogen) atoms. The zero-order chi connectivity index (χ0) is 20.9. The van der Waals surface area contributed by atoms with Crippen molar-refractivity contribution in [1.82, 2.24) is 0 Å². The summed E-state index contributed by atoms with van der Waals surface area (Å²) in [6, 6.07) is 11.4. The Morgan fingerprint density at radius 1 is 1.10 bits per heavy atom. The summed E-state index contributed by atoms with van der Waals surface area (Å²) < 4.78 is 23.2. The molecule has 8 nitrogen and oxygen atoms in total. The summed E-state index contributed by atoms with van der Waals surface area (Å²) in [6.45, 7) is 0. The number of ether oxygens (including phenoxy) is 4. The third-order valence-electron chi connectivity index (χ3n) is 6.53. The molecular weight excluding hydrogens is 372 g/mol. The monoisotopic (exact) mass is 392 g/mol. The molecule has 3 aliphatic rings. The summed E-state index contributed by atoms with van der Waals surface area (Å²) in [7, 11) is 2.94. The highest BCUT2D eigenvalue weighted by Crippen LogP contribution is 2.70. The van der Waals surface area contributed by atoms with Crippen molar-refractivity contribution < 1.29 is 18.9 Å². The van der Waals surface area contributed by atoms with Gasteiger partial charge in [-0.2, -0.15) is 15.8 Å². The maximum absolute atomic E-state index is 10.3. The molecule has 0 unspecified atom stereocenters. The molecule has 1 aromatic carbocycles. The molecule has 2 aliphatic heterocycles. The van der Waals surface area contributed by atoms with E-state index in [1.807, 2.05) is 0 Å². The molecule has 0 radical (unpaired) electrons. The first kappa shape index (κ1) is 19.1. The van der Waals surface area contributed by atoms with Crippen molar-refractivity contribution >= 4 is 5.90 Å². The Morgan fingerprint density at radius 2 is 1.86 bits per heavy atom. The van der Waals surface area contributed by atoms with E-state index in [-0.39, 0.29) is 5.90 Å². The van der Waals surface area contributed by atoms with Crippen molar-refractivity contribution in [3.8, 4) is 29.7 Å². The Hall–Kier alpha value is -3.28. The molecule has 1 aromatic rings. The van der Waals surface area contributed by atoms with Gasteiger partial charge in [0, 0.05) is 12.0 Å². The average Bonchev–Trinajstić information content (AvgIpc) is 2.97. The number of hydrogen-bond donors (Lipinski definition) is 1. The molecule has 8 heteroatoms. The number of rotatable bonds is 3. The highest BCUT2D eigenvalue weighted by molar-refractivity contribution is 5.89. The quantitative estimate of drug-likeness (QED) is 0.835. The van der Waals surface area contributed by atoms with Gasteiger partial charge in [-0.1, -0.05) is 18.6 Å². The molecule has 4 atom stereocenters. The van der Waals surface area contributed by atoms with Crippen LogP contribution in [0, 0.1) is 56.2 Å². The van der Waals surface area contributed by atoms with E-state index < -0.39 is 28.6 Å². The normalized spacial score (nSPS) is 34.0. The van der Waals surface area contributed by atoms with Gasteiger partial charge in [0.1, 0.15) is 6.10 Å². The van der Waals surface area contributed by atoms with Crippen molar-refractivity contribution in [2.45, 2.75) is 37.6 Å². The minimum Gasteiger partial charge on any atom is -0.493 e. The Morgan fingerprint density at radius 3 is 2.48 bits per heavy atom. The fourth-order valence-corrected chi connectivity index (χ4v) is 5.26. The third-order valence-corrected chi connectivity index (χ3v) is 6.53. The van der Waals surface area contributed by atoms with Crippen LogP contribution in [-0.4, -0.2) is 25.9 Å². The van der Waals surface area contributed by atoms with Gasteiger partial charge in [-0.05, 0) is 18.9 Å². The number of para-hydroxylation sites is 1. The fraction of sp³-hybridized carbons (Fsp3) is 0.524. The van der Waals surface area contributed by atoms with Crippen LogP contribution < -0.4 is 9.47 Å². The van der Waals surface area contributed by atoms with Crippen LogP contribution in [0.2, 0.25) is 0 Å². The SMILES string of the molecule is COc1cccc([C@@H]2O[C@@]34CCCC[C@H]3[C@](C#N)(C(=N)O4)C2(C#N)C#N)c1OC. The van der Waals surface area contributed by atoms with Crippen LogP contribution in [0.1, 0.15) is 37.4 Å². The molecule has 1 N–H and O–H groups in total. The molecule has 1 aliphatic carbocycles. The zero-order valence-electron chi connectivity index (χ0n) is 16.2. The molecule has 0 aromatic heterocycles. The summed E-state index contributed by atoms with van der Waals surface area (Å²) in [6.07, 6.45) is 1.50. The molecule has 2 bridgehead atoms. The highest BCUT2D eigenvalue weighted by atomic mass is 16.7. The van der Waals surface area contributed by atoms with Gasteiger partial charge in [-0.3, -0.25) is 5.41 Å². The maximum atomic E-state index is 10.3. The van der Waals surface area contributed by atoms with Crippen LogP contribution in [0.4, 0.5) is 0 Å². The van der Waals surface area contributed by atoms with E-state index in [1.54, 1.807) is 18.2 Å². The molecule has 0 amide bonds. The van der Waals surface area contributed by atoms with Gasteiger partial charge in [-0.25, -0.2) is 0 Å². The Kier molecular flexibility index (Phi) is 4.19.